The Kier molecular flexibility index (Phi) is 4.13. The van der Waals surface area contributed by atoms with Gasteiger partial charge in [-0.3, -0.25) is 4.90 Å². The molecule has 92 valence electrons. The number of benzene rings is 1. The highest BCUT2D eigenvalue weighted by Crippen LogP contribution is 2.28. The number of hydrogen-bond acceptors (Lipinski definition) is 2. The molecule has 2 nitrogen and oxygen atoms in total. The SMILES string of the molecule is Cc1cccc(CN(CCC(N)=S)C2CC2)c1. The summed E-state index contributed by atoms with van der Waals surface area (Å²) >= 11 is 4.96. The summed E-state index contributed by atoms with van der Waals surface area (Å²) in [5.41, 5.74) is 8.30. The lowest BCUT2D eigenvalue weighted by atomic mass is 10.1. The van der Waals surface area contributed by atoms with Crippen LogP contribution in [0.4, 0.5) is 0 Å². The number of aryl methyl sites for hydroxylation is 1. The molecule has 1 fully saturated rings. The van der Waals surface area contributed by atoms with E-state index in [1.807, 2.05) is 0 Å². The lowest BCUT2D eigenvalue weighted by molar-refractivity contribution is 0.262. The fourth-order valence-corrected chi connectivity index (χ4v) is 2.22. The molecule has 0 spiro atoms. The van der Waals surface area contributed by atoms with E-state index in [0.29, 0.717) is 4.99 Å². The predicted molar refractivity (Wildman–Crippen MR) is 76.0 cm³/mol. The first-order valence-electron chi connectivity index (χ1n) is 6.23. The van der Waals surface area contributed by atoms with Crippen molar-refractivity contribution >= 4 is 17.2 Å². The van der Waals surface area contributed by atoms with Gasteiger partial charge in [0.25, 0.3) is 0 Å². The summed E-state index contributed by atoms with van der Waals surface area (Å²) in [5.74, 6) is 0. The number of rotatable bonds is 6. The van der Waals surface area contributed by atoms with Gasteiger partial charge < -0.3 is 5.73 Å². The summed E-state index contributed by atoms with van der Waals surface area (Å²) in [6, 6.07) is 9.48. The molecule has 0 unspecified atom stereocenters. The second-order valence-corrected chi connectivity index (χ2v) is 5.43. The van der Waals surface area contributed by atoms with Crippen LogP contribution in [0.2, 0.25) is 0 Å². The van der Waals surface area contributed by atoms with E-state index in [9.17, 15) is 0 Å². The van der Waals surface area contributed by atoms with Crippen LogP contribution < -0.4 is 5.73 Å². The van der Waals surface area contributed by atoms with Crippen LogP contribution in [-0.2, 0) is 6.54 Å². The van der Waals surface area contributed by atoms with Crippen molar-refractivity contribution in [3.63, 3.8) is 0 Å². The van der Waals surface area contributed by atoms with Crippen LogP contribution in [0.25, 0.3) is 0 Å². The summed E-state index contributed by atoms with van der Waals surface area (Å²) in [6.07, 6.45) is 3.48. The molecule has 3 heteroatoms. The van der Waals surface area contributed by atoms with E-state index in [1.54, 1.807) is 0 Å². The normalized spacial score (nSPS) is 15.2. The highest BCUT2D eigenvalue weighted by molar-refractivity contribution is 7.80. The molecule has 1 aliphatic carbocycles. The zero-order chi connectivity index (χ0) is 12.3. The second-order valence-electron chi connectivity index (χ2n) is 4.91. The highest BCUT2D eigenvalue weighted by atomic mass is 32.1. The fraction of sp³-hybridized carbons (Fsp3) is 0.500. The van der Waals surface area contributed by atoms with Crippen LogP contribution in [0.1, 0.15) is 30.4 Å². The first kappa shape index (κ1) is 12.5. The Labute approximate surface area is 109 Å². The number of nitrogens with two attached hydrogens (primary N) is 1. The molecular formula is C14H20N2S. The standard InChI is InChI=1S/C14H20N2S/c1-11-3-2-4-12(9-11)10-16(13-5-6-13)8-7-14(15)17/h2-4,9,13H,5-8,10H2,1H3,(H2,15,17). The van der Waals surface area contributed by atoms with Crippen LogP contribution in [0.3, 0.4) is 0 Å². The van der Waals surface area contributed by atoms with Crippen LogP contribution in [-0.4, -0.2) is 22.5 Å². The van der Waals surface area contributed by atoms with Gasteiger partial charge >= 0.3 is 0 Å². The van der Waals surface area contributed by atoms with Gasteiger partial charge in [-0.25, -0.2) is 0 Å². The molecule has 0 aliphatic heterocycles. The van der Waals surface area contributed by atoms with Crippen LogP contribution in [0.15, 0.2) is 24.3 Å². The van der Waals surface area contributed by atoms with Gasteiger partial charge in [-0.15, -0.1) is 0 Å². The van der Waals surface area contributed by atoms with Gasteiger partial charge in [0.2, 0.25) is 0 Å². The third-order valence-electron chi connectivity index (χ3n) is 3.18. The van der Waals surface area contributed by atoms with Crippen molar-refractivity contribution in [1.82, 2.24) is 4.90 Å². The third-order valence-corrected chi connectivity index (χ3v) is 3.38. The van der Waals surface area contributed by atoms with E-state index < -0.39 is 0 Å². The molecule has 2 N–H and O–H groups in total. The van der Waals surface area contributed by atoms with E-state index in [0.717, 1.165) is 25.6 Å². The molecule has 0 amide bonds. The quantitative estimate of drug-likeness (QED) is 0.785. The molecule has 0 atom stereocenters. The van der Waals surface area contributed by atoms with Gasteiger partial charge in [0.15, 0.2) is 0 Å². The zero-order valence-corrected chi connectivity index (χ0v) is 11.2. The van der Waals surface area contributed by atoms with Crippen molar-refractivity contribution in [3.8, 4) is 0 Å². The average molecular weight is 248 g/mol. The van der Waals surface area contributed by atoms with E-state index >= 15 is 0 Å². The summed E-state index contributed by atoms with van der Waals surface area (Å²) in [4.78, 5) is 3.13. The predicted octanol–water partition coefficient (Wildman–Crippen LogP) is 2.64. The number of nitrogens with zero attached hydrogens (tertiary/aromatic N) is 1. The molecule has 0 aromatic heterocycles. The molecular weight excluding hydrogens is 228 g/mol. The van der Waals surface area contributed by atoms with Gasteiger partial charge in [-0.05, 0) is 25.3 Å². The molecule has 0 heterocycles. The molecule has 17 heavy (non-hydrogen) atoms. The molecule has 0 bridgehead atoms. The van der Waals surface area contributed by atoms with E-state index in [2.05, 4.69) is 36.1 Å². The van der Waals surface area contributed by atoms with Gasteiger partial charge in [-0.2, -0.15) is 0 Å². The molecule has 1 aliphatic rings. The van der Waals surface area contributed by atoms with E-state index in [4.69, 9.17) is 18.0 Å². The highest BCUT2D eigenvalue weighted by Gasteiger charge is 2.28. The lowest BCUT2D eigenvalue weighted by Gasteiger charge is -2.22. The monoisotopic (exact) mass is 248 g/mol. The second kappa shape index (κ2) is 5.61. The Morgan fingerprint density at radius 3 is 2.82 bits per heavy atom. The number of thiocarbonyl (C=S) groups is 1. The summed E-state index contributed by atoms with van der Waals surface area (Å²) < 4.78 is 0. The van der Waals surface area contributed by atoms with Gasteiger partial charge in [0.05, 0.1) is 4.99 Å². The molecule has 1 aromatic carbocycles. The van der Waals surface area contributed by atoms with Crippen LogP contribution >= 0.6 is 12.2 Å². The fourth-order valence-electron chi connectivity index (χ4n) is 2.13. The maximum atomic E-state index is 5.58. The Balaban J connectivity index is 1.95. The lowest BCUT2D eigenvalue weighted by Crippen LogP contribution is -2.29. The van der Waals surface area contributed by atoms with Crippen molar-refractivity contribution < 1.29 is 0 Å². The Morgan fingerprint density at radius 1 is 1.47 bits per heavy atom. The Hall–Kier alpha value is -0.930. The van der Waals surface area contributed by atoms with Crippen LogP contribution in [0.5, 0.6) is 0 Å². The van der Waals surface area contributed by atoms with Crippen molar-refractivity contribution in [3.05, 3.63) is 35.4 Å². The molecule has 1 saturated carbocycles. The van der Waals surface area contributed by atoms with Gasteiger partial charge in [0.1, 0.15) is 0 Å². The van der Waals surface area contributed by atoms with Gasteiger partial charge in [0, 0.05) is 25.6 Å². The van der Waals surface area contributed by atoms with E-state index in [-0.39, 0.29) is 0 Å². The largest absolute Gasteiger partial charge is 0.393 e. The molecule has 0 radical (unpaired) electrons. The van der Waals surface area contributed by atoms with Crippen LogP contribution in [0, 0.1) is 6.92 Å². The molecule has 0 saturated heterocycles. The first-order valence-corrected chi connectivity index (χ1v) is 6.64. The zero-order valence-electron chi connectivity index (χ0n) is 10.4. The minimum atomic E-state index is 0.625. The average Bonchev–Trinajstić information content (AvgIpc) is 3.07. The third kappa shape index (κ3) is 4.10. The Bertz CT molecular complexity index is 399. The first-order chi connectivity index (χ1) is 8.15. The minimum Gasteiger partial charge on any atom is -0.393 e. The summed E-state index contributed by atoms with van der Waals surface area (Å²) in [5, 5.41) is 0. The van der Waals surface area contributed by atoms with E-state index in [1.165, 1.54) is 24.0 Å². The molecule has 2 rings (SSSR count). The van der Waals surface area contributed by atoms with Crippen molar-refractivity contribution in [2.75, 3.05) is 6.54 Å². The maximum Gasteiger partial charge on any atom is 0.0740 e. The van der Waals surface area contributed by atoms with Gasteiger partial charge in [-0.1, -0.05) is 42.0 Å². The Morgan fingerprint density at radius 2 is 2.24 bits per heavy atom. The van der Waals surface area contributed by atoms with Crippen molar-refractivity contribution in [1.29, 1.82) is 0 Å². The summed E-state index contributed by atoms with van der Waals surface area (Å²) in [6.45, 7) is 4.16. The smallest absolute Gasteiger partial charge is 0.0740 e. The minimum absolute atomic E-state index is 0.625. The topological polar surface area (TPSA) is 29.3 Å². The maximum absolute atomic E-state index is 5.58. The number of hydrogen-bond donors (Lipinski definition) is 1. The van der Waals surface area contributed by atoms with Crippen molar-refractivity contribution in [2.24, 2.45) is 5.73 Å². The van der Waals surface area contributed by atoms with Crippen molar-refractivity contribution in [2.45, 2.75) is 38.8 Å². The molecule has 1 aromatic rings. The summed E-state index contributed by atoms with van der Waals surface area (Å²) in [7, 11) is 0.